The third-order valence-corrected chi connectivity index (χ3v) is 5.08. The fourth-order valence-corrected chi connectivity index (χ4v) is 3.62. The van der Waals surface area contributed by atoms with Crippen LogP contribution >= 0.6 is 0 Å². The Hall–Kier alpha value is -1.60. The molecule has 0 bridgehead atoms. The average molecular weight is 312 g/mol. The SMILES string of the molecule is COc1ccc(S(=O)(=O)NCC2CC(=O)N(C)C2)cc1C. The molecule has 0 aromatic heterocycles. The van der Waals surface area contributed by atoms with Gasteiger partial charge in [0.1, 0.15) is 5.75 Å². The summed E-state index contributed by atoms with van der Waals surface area (Å²) < 4.78 is 32.2. The van der Waals surface area contributed by atoms with Gasteiger partial charge in [0.25, 0.3) is 0 Å². The maximum atomic E-state index is 12.3. The molecule has 0 aliphatic carbocycles. The first-order valence-corrected chi connectivity index (χ1v) is 8.20. The first kappa shape index (κ1) is 15.8. The smallest absolute Gasteiger partial charge is 0.240 e. The van der Waals surface area contributed by atoms with E-state index in [0.29, 0.717) is 18.7 Å². The van der Waals surface area contributed by atoms with Gasteiger partial charge in [-0.05, 0) is 36.6 Å². The Bertz CT molecular complexity index is 642. The number of methoxy groups -OCH3 is 1. The van der Waals surface area contributed by atoms with Crippen LogP contribution in [0.1, 0.15) is 12.0 Å². The van der Waals surface area contributed by atoms with Crippen LogP contribution in [-0.4, -0.2) is 46.5 Å². The molecule has 116 valence electrons. The molecule has 1 aromatic carbocycles. The Labute approximate surface area is 125 Å². The van der Waals surface area contributed by atoms with E-state index < -0.39 is 10.0 Å². The maximum Gasteiger partial charge on any atom is 0.240 e. The summed E-state index contributed by atoms with van der Waals surface area (Å²) in [4.78, 5) is 13.3. The lowest BCUT2D eigenvalue weighted by molar-refractivity contribution is -0.126. The minimum absolute atomic E-state index is 0.0246. The van der Waals surface area contributed by atoms with Crippen molar-refractivity contribution in [1.29, 1.82) is 0 Å². The van der Waals surface area contributed by atoms with Crippen LogP contribution < -0.4 is 9.46 Å². The number of nitrogens with one attached hydrogen (secondary N) is 1. The number of hydrogen-bond donors (Lipinski definition) is 1. The van der Waals surface area contributed by atoms with E-state index in [1.165, 1.54) is 6.07 Å². The molecular formula is C14H20N2O4S. The molecule has 0 saturated carbocycles. The van der Waals surface area contributed by atoms with E-state index in [-0.39, 0.29) is 23.3 Å². The predicted molar refractivity (Wildman–Crippen MR) is 78.7 cm³/mol. The zero-order chi connectivity index (χ0) is 15.6. The largest absolute Gasteiger partial charge is 0.496 e. The minimum Gasteiger partial charge on any atom is -0.496 e. The molecule has 1 N–H and O–H groups in total. The summed E-state index contributed by atoms with van der Waals surface area (Å²) in [6, 6.07) is 4.73. The molecule has 1 aliphatic rings. The molecule has 1 unspecified atom stereocenters. The van der Waals surface area contributed by atoms with Gasteiger partial charge in [-0.15, -0.1) is 0 Å². The zero-order valence-corrected chi connectivity index (χ0v) is 13.2. The third-order valence-electron chi connectivity index (χ3n) is 3.66. The molecular weight excluding hydrogens is 292 g/mol. The molecule has 0 spiro atoms. The summed E-state index contributed by atoms with van der Waals surface area (Å²) in [6.45, 7) is 2.65. The van der Waals surface area contributed by atoms with Crippen molar-refractivity contribution < 1.29 is 17.9 Å². The van der Waals surface area contributed by atoms with Gasteiger partial charge in [-0.2, -0.15) is 0 Å². The molecule has 7 heteroatoms. The van der Waals surface area contributed by atoms with Gasteiger partial charge in [0.15, 0.2) is 0 Å². The molecule has 1 heterocycles. The van der Waals surface area contributed by atoms with Gasteiger partial charge in [-0.1, -0.05) is 0 Å². The molecule has 1 saturated heterocycles. The van der Waals surface area contributed by atoms with Gasteiger partial charge in [-0.25, -0.2) is 13.1 Å². The van der Waals surface area contributed by atoms with Crippen molar-refractivity contribution in [2.75, 3.05) is 27.2 Å². The van der Waals surface area contributed by atoms with Crippen LogP contribution in [0.3, 0.4) is 0 Å². The number of ether oxygens (including phenoxy) is 1. The Balaban J connectivity index is 2.05. The number of carbonyl (C=O) groups excluding carboxylic acids is 1. The van der Waals surface area contributed by atoms with Gasteiger partial charge in [-0.3, -0.25) is 4.79 Å². The van der Waals surface area contributed by atoms with Crippen LogP contribution in [0.4, 0.5) is 0 Å². The Kier molecular flexibility index (Phi) is 4.53. The minimum atomic E-state index is -3.57. The van der Waals surface area contributed by atoms with Crippen LogP contribution in [0.15, 0.2) is 23.1 Å². The van der Waals surface area contributed by atoms with E-state index in [9.17, 15) is 13.2 Å². The normalized spacial score (nSPS) is 19.1. The fraction of sp³-hybridized carbons (Fsp3) is 0.500. The number of benzene rings is 1. The van der Waals surface area contributed by atoms with Crippen LogP contribution in [-0.2, 0) is 14.8 Å². The van der Waals surface area contributed by atoms with Crippen molar-refractivity contribution in [3.8, 4) is 5.75 Å². The molecule has 1 fully saturated rings. The first-order chi connectivity index (χ1) is 9.83. The molecule has 0 radical (unpaired) electrons. The van der Waals surface area contributed by atoms with Crippen molar-refractivity contribution in [2.24, 2.45) is 5.92 Å². The van der Waals surface area contributed by atoms with E-state index in [1.54, 1.807) is 38.1 Å². The van der Waals surface area contributed by atoms with Crippen LogP contribution in [0.25, 0.3) is 0 Å². The second kappa shape index (κ2) is 6.03. The summed E-state index contributed by atoms with van der Waals surface area (Å²) in [5.41, 5.74) is 0.760. The molecule has 1 aliphatic heterocycles. The number of rotatable bonds is 5. The van der Waals surface area contributed by atoms with Crippen LogP contribution in [0, 0.1) is 12.8 Å². The van der Waals surface area contributed by atoms with E-state index in [1.807, 2.05) is 0 Å². The number of sulfonamides is 1. The number of likely N-dealkylation sites (tertiary alicyclic amines) is 1. The first-order valence-electron chi connectivity index (χ1n) is 6.72. The summed E-state index contributed by atoms with van der Waals surface area (Å²) >= 11 is 0. The highest BCUT2D eigenvalue weighted by Crippen LogP contribution is 2.22. The Morgan fingerprint density at radius 1 is 1.43 bits per heavy atom. The van der Waals surface area contributed by atoms with E-state index >= 15 is 0 Å². The lowest BCUT2D eigenvalue weighted by atomic mass is 10.1. The lowest BCUT2D eigenvalue weighted by Crippen LogP contribution is -2.30. The number of hydrogen-bond acceptors (Lipinski definition) is 4. The van der Waals surface area contributed by atoms with Crippen molar-refractivity contribution >= 4 is 15.9 Å². The average Bonchev–Trinajstić information content (AvgIpc) is 2.76. The van der Waals surface area contributed by atoms with Crippen molar-refractivity contribution in [2.45, 2.75) is 18.2 Å². The highest BCUT2D eigenvalue weighted by atomic mass is 32.2. The van der Waals surface area contributed by atoms with E-state index in [0.717, 1.165) is 5.56 Å². The maximum absolute atomic E-state index is 12.3. The van der Waals surface area contributed by atoms with E-state index in [4.69, 9.17) is 4.74 Å². The number of carbonyl (C=O) groups is 1. The third kappa shape index (κ3) is 3.54. The molecule has 1 amide bonds. The summed E-state index contributed by atoms with van der Waals surface area (Å²) in [5, 5.41) is 0. The van der Waals surface area contributed by atoms with E-state index in [2.05, 4.69) is 4.72 Å². The second-order valence-electron chi connectivity index (χ2n) is 5.33. The topological polar surface area (TPSA) is 75.7 Å². The Morgan fingerprint density at radius 2 is 2.14 bits per heavy atom. The molecule has 1 atom stereocenters. The van der Waals surface area contributed by atoms with Crippen LogP contribution in [0.2, 0.25) is 0 Å². The van der Waals surface area contributed by atoms with Gasteiger partial charge < -0.3 is 9.64 Å². The quantitative estimate of drug-likeness (QED) is 0.871. The number of nitrogens with zero attached hydrogens (tertiary/aromatic N) is 1. The fourth-order valence-electron chi connectivity index (χ4n) is 2.42. The zero-order valence-electron chi connectivity index (χ0n) is 12.4. The van der Waals surface area contributed by atoms with Crippen molar-refractivity contribution in [3.63, 3.8) is 0 Å². The monoisotopic (exact) mass is 312 g/mol. The van der Waals surface area contributed by atoms with Crippen LogP contribution in [0.5, 0.6) is 5.75 Å². The molecule has 1 aromatic rings. The number of aryl methyl sites for hydroxylation is 1. The standard InChI is InChI=1S/C14H20N2O4S/c1-10-6-12(4-5-13(10)20-3)21(18,19)15-8-11-7-14(17)16(2)9-11/h4-6,11,15H,7-9H2,1-3H3. The van der Waals surface area contributed by atoms with Gasteiger partial charge in [0, 0.05) is 26.6 Å². The molecule has 2 rings (SSSR count). The lowest BCUT2D eigenvalue weighted by Gasteiger charge is -2.13. The van der Waals surface area contributed by atoms with Crippen molar-refractivity contribution in [3.05, 3.63) is 23.8 Å². The predicted octanol–water partition coefficient (Wildman–Crippen LogP) is 0.760. The summed E-state index contributed by atoms with van der Waals surface area (Å²) in [7, 11) is -0.296. The number of amides is 1. The molecule has 21 heavy (non-hydrogen) atoms. The van der Waals surface area contributed by atoms with Gasteiger partial charge >= 0.3 is 0 Å². The second-order valence-corrected chi connectivity index (χ2v) is 7.09. The highest BCUT2D eigenvalue weighted by Gasteiger charge is 2.28. The molecule has 6 nitrogen and oxygen atoms in total. The Morgan fingerprint density at radius 3 is 2.67 bits per heavy atom. The van der Waals surface area contributed by atoms with Gasteiger partial charge in [0.05, 0.1) is 12.0 Å². The summed E-state index contributed by atoms with van der Waals surface area (Å²) in [5.74, 6) is 0.730. The van der Waals surface area contributed by atoms with Gasteiger partial charge in [0.2, 0.25) is 15.9 Å². The summed E-state index contributed by atoms with van der Waals surface area (Å²) in [6.07, 6.45) is 0.390. The van der Waals surface area contributed by atoms with Crippen molar-refractivity contribution in [1.82, 2.24) is 9.62 Å². The highest BCUT2D eigenvalue weighted by molar-refractivity contribution is 7.89.